The van der Waals surface area contributed by atoms with Crippen molar-refractivity contribution >= 4 is 0 Å². The van der Waals surface area contributed by atoms with Crippen LogP contribution in [0.5, 0.6) is 0 Å². The molecule has 6 heavy (non-hydrogen) atoms. The quantitative estimate of drug-likeness (QED) is 0.460. The van der Waals surface area contributed by atoms with Crippen LogP contribution in [0.1, 0.15) is 13.3 Å². The molecule has 0 spiro atoms. The Morgan fingerprint density at radius 3 is 2.33 bits per heavy atom. The van der Waals surface area contributed by atoms with Gasteiger partial charge in [-0.1, -0.05) is 6.92 Å². The molecule has 1 aliphatic rings. The molecule has 0 aromatic heterocycles. The van der Waals surface area contributed by atoms with Gasteiger partial charge in [0.25, 0.3) is 0 Å². The largest absolute Gasteiger partial charge is 0.351 e. The smallest absolute Gasteiger partial charge is 0.0332 e. The molecule has 0 atom stereocenters. The molecular weight excluding hydrogens is 74.1 g/mol. The maximum absolute atomic E-state index is 2.16. The van der Waals surface area contributed by atoms with Crippen molar-refractivity contribution in [2.75, 3.05) is 7.05 Å². The van der Waals surface area contributed by atoms with E-state index < -0.39 is 0 Å². The van der Waals surface area contributed by atoms with Gasteiger partial charge in [0.2, 0.25) is 0 Å². The Kier molecular flexibility index (Phi) is 0.621. The van der Waals surface area contributed by atoms with Gasteiger partial charge in [-0.3, -0.25) is 0 Å². The molecule has 0 aromatic carbocycles. The van der Waals surface area contributed by atoms with Gasteiger partial charge >= 0.3 is 0 Å². The molecule has 0 unspecified atom stereocenters. The van der Waals surface area contributed by atoms with Crippen molar-refractivity contribution in [1.29, 1.82) is 0 Å². The molecule has 34 valence electrons. The summed E-state index contributed by atoms with van der Waals surface area (Å²) in [4.78, 5) is 2.14. The highest BCUT2D eigenvalue weighted by molar-refractivity contribution is 5.15. The summed E-state index contributed by atoms with van der Waals surface area (Å²) in [6.45, 7) is 2.16. The molecule has 0 fully saturated rings. The standard InChI is InChI=1S/C5H9N/c1-3-5-4-6(5)2/h4H,3H2,1-2H3. The minimum atomic E-state index is 1.19. The summed E-state index contributed by atoms with van der Waals surface area (Å²) in [5, 5.41) is 0. The lowest BCUT2D eigenvalue weighted by molar-refractivity contribution is 0.695. The maximum atomic E-state index is 2.16. The fraction of sp³-hybridized carbons (Fsp3) is 0.600. The van der Waals surface area contributed by atoms with Crippen LogP contribution in [0.25, 0.3) is 0 Å². The van der Waals surface area contributed by atoms with Gasteiger partial charge in [-0.25, -0.2) is 0 Å². The molecular formula is C5H9N. The summed E-state index contributed by atoms with van der Waals surface area (Å²) in [6.07, 6.45) is 3.33. The van der Waals surface area contributed by atoms with E-state index in [2.05, 4.69) is 25.1 Å². The molecule has 1 heterocycles. The summed E-state index contributed by atoms with van der Waals surface area (Å²) in [7, 11) is 2.07. The van der Waals surface area contributed by atoms with Crippen molar-refractivity contribution in [3.63, 3.8) is 0 Å². The molecule has 1 aliphatic heterocycles. The summed E-state index contributed by atoms with van der Waals surface area (Å²) in [6, 6.07) is 0. The molecule has 0 bridgehead atoms. The Balaban J connectivity index is 2.23. The molecule has 0 aliphatic carbocycles. The van der Waals surface area contributed by atoms with E-state index in [9.17, 15) is 0 Å². The normalized spacial score (nSPS) is 17.7. The first-order chi connectivity index (χ1) is 2.84. The van der Waals surface area contributed by atoms with Crippen molar-refractivity contribution in [3.05, 3.63) is 11.9 Å². The van der Waals surface area contributed by atoms with E-state index in [0.29, 0.717) is 0 Å². The van der Waals surface area contributed by atoms with Crippen molar-refractivity contribution < 1.29 is 0 Å². The molecule has 1 rings (SSSR count). The molecule has 0 saturated carbocycles. The van der Waals surface area contributed by atoms with Crippen LogP contribution < -0.4 is 0 Å². The Labute approximate surface area is 38.3 Å². The van der Waals surface area contributed by atoms with E-state index in [1.54, 1.807) is 0 Å². The second-order valence-corrected chi connectivity index (χ2v) is 1.58. The highest BCUT2D eigenvalue weighted by atomic mass is 15.2. The first-order valence-electron chi connectivity index (χ1n) is 2.28. The van der Waals surface area contributed by atoms with Gasteiger partial charge in [-0.15, -0.1) is 0 Å². The number of rotatable bonds is 1. The topological polar surface area (TPSA) is 3.01 Å². The highest BCUT2D eigenvalue weighted by Gasteiger charge is 2.10. The van der Waals surface area contributed by atoms with E-state index >= 15 is 0 Å². The van der Waals surface area contributed by atoms with Crippen molar-refractivity contribution in [2.45, 2.75) is 13.3 Å². The van der Waals surface area contributed by atoms with E-state index in [4.69, 9.17) is 0 Å². The van der Waals surface area contributed by atoms with Crippen molar-refractivity contribution in [3.8, 4) is 0 Å². The van der Waals surface area contributed by atoms with E-state index in [1.807, 2.05) is 0 Å². The van der Waals surface area contributed by atoms with Crippen LogP contribution in [0.15, 0.2) is 11.9 Å². The Morgan fingerprint density at radius 2 is 2.33 bits per heavy atom. The van der Waals surface area contributed by atoms with Crippen molar-refractivity contribution in [2.24, 2.45) is 0 Å². The van der Waals surface area contributed by atoms with Crippen LogP contribution in [0.4, 0.5) is 0 Å². The second kappa shape index (κ2) is 1.00. The number of hydrogen-bond donors (Lipinski definition) is 0. The second-order valence-electron chi connectivity index (χ2n) is 1.58. The third-order valence-electron chi connectivity index (χ3n) is 1.09. The van der Waals surface area contributed by atoms with E-state index in [0.717, 1.165) is 0 Å². The van der Waals surface area contributed by atoms with Crippen LogP contribution in [-0.4, -0.2) is 11.9 Å². The first kappa shape index (κ1) is 3.72. The molecule has 0 aromatic rings. The predicted octanol–water partition coefficient (Wildman–Crippen LogP) is 1.18. The van der Waals surface area contributed by atoms with Gasteiger partial charge in [0, 0.05) is 18.9 Å². The highest BCUT2D eigenvalue weighted by Crippen LogP contribution is 2.19. The fourth-order valence-corrected chi connectivity index (χ4v) is 0.535. The zero-order chi connectivity index (χ0) is 4.57. The SMILES string of the molecule is CCC1=CN1C. The zero-order valence-corrected chi connectivity index (χ0v) is 4.23. The molecule has 0 radical (unpaired) electrons. The first-order valence-corrected chi connectivity index (χ1v) is 2.28. The molecule has 0 amide bonds. The number of nitrogens with zero attached hydrogens (tertiary/aromatic N) is 1. The van der Waals surface area contributed by atoms with E-state index in [-0.39, 0.29) is 0 Å². The fourth-order valence-electron chi connectivity index (χ4n) is 0.535. The molecule has 1 nitrogen and oxygen atoms in total. The predicted molar refractivity (Wildman–Crippen MR) is 26.1 cm³/mol. The Morgan fingerprint density at radius 1 is 1.83 bits per heavy atom. The average molecular weight is 83.1 g/mol. The number of allylic oxidation sites excluding steroid dienone is 1. The minimum Gasteiger partial charge on any atom is -0.351 e. The summed E-state index contributed by atoms with van der Waals surface area (Å²) in [5.74, 6) is 0. The van der Waals surface area contributed by atoms with Gasteiger partial charge in [0.15, 0.2) is 0 Å². The van der Waals surface area contributed by atoms with Gasteiger partial charge in [-0.2, -0.15) is 0 Å². The van der Waals surface area contributed by atoms with Gasteiger partial charge < -0.3 is 4.90 Å². The maximum Gasteiger partial charge on any atom is 0.0332 e. The summed E-state index contributed by atoms with van der Waals surface area (Å²) < 4.78 is 0. The summed E-state index contributed by atoms with van der Waals surface area (Å²) in [5.41, 5.74) is 1.47. The lowest BCUT2D eigenvalue weighted by atomic mass is 10.5. The minimum absolute atomic E-state index is 1.19. The molecule has 0 saturated heterocycles. The van der Waals surface area contributed by atoms with Gasteiger partial charge in [0.1, 0.15) is 0 Å². The lowest BCUT2D eigenvalue weighted by Gasteiger charge is -1.87. The third-order valence-corrected chi connectivity index (χ3v) is 1.09. The average Bonchev–Trinajstić information content (AvgIpc) is 2.19. The zero-order valence-electron chi connectivity index (χ0n) is 4.23. The third kappa shape index (κ3) is 0.402. The monoisotopic (exact) mass is 83.1 g/mol. The number of hydrogen-bond acceptors (Lipinski definition) is 1. The summed E-state index contributed by atoms with van der Waals surface area (Å²) >= 11 is 0. The lowest BCUT2D eigenvalue weighted by Crippen LogP contribution is -1.83. The molecule has 1 heteroatoms. The van der Waals surface area contributed by atoms with Crippen LogP contribution in [0.3, 0.4) is 0 Å². The van der Waals surface area contributed by atoms with Crippen LogP contribution in [-0.2, 0) is 0 Å². The van der Waals surface area contributed by atoms with Crippen LogP contribution >= 0.6 is 0 Å². The van der Waals surface area contributed by atoms with Crippen molar-refractivity contribution in [1.82, 2.24) is 4.90 Å². The van der Waals surface area contributed by atoms with E-state index in [1.165, 1.54) is 12.1 Å². The molecule has 0 N–H and O–H groups in total. The van der Waals surface area contributed by atoms with Gasteiger partial charge in [0.05, 0.1) is 0 Å². The Bertz CT molecular complexity index is 83.9. The Hall–Kier alpha value is -0.460. The van der Waals surface area contributed by atoms with Crippen LogP contribution in [0.2, 0.25) is 0 Å². The van der Waals surface area contributed by atoms with Crippen LogP contribution in [0, 0.1) is 0 Å². The van der Waals surface area contributed by atoms with Gasteiger partial charge in [-0.05, 0) is 6.42 Å².